The summed E-state index contributed by atoms with van der Waals surface area (Å²) in [5, 5.41) is 1.76. The van der Waals surface area contributed by atoms with E-state index in [0.29, 0.717) is 0 Å². The van der Waals surface area contributed by atoms with Gasteiger partial charge in [0.25, 0.3) is 0 Å². The van der Waals surface area contributed by atoms with Crippen LogP contribution in [-0.4, -0.2) is 12.0 Å². The number of carbonyl (C=O) groups is 2. The van der Waals surface area contributed by atoms with E-state index in [1.165, 1.54) is 6.92 Å². The molecule has 2 amide bonds. The molecule has 0 bridgehead atoms. The largest absolute Gasteiger partial charge is 0.432 e. The van der Waals surface area contributed by atoms with Crippen LogP contribution < -0.4 is 5.32 Å². The number of hydrogen-bond acceptors (Lipinski definition) is 3. The van der Waals surface area contributed by atoms with E-state index in [0.717, 1.165) is 0 Å². The highest BCUT2D eigenvalue weighted by atomic mass is 35.5. The van der Waals surface area contributed by atoms with Crippen LogP contribution in [0.25, 0.3) is 0 Å². The van der Waals surface area contributed by atoms with Gasteiger partial charge in [0.05, 0.1) is 0 Å². The van der Waals surface area contributed by atoms with Crippen LogP contribution in [0.5, 0.6) is 0 Å². The highest BCUT2D eigenvalue weighted by molar-refractivity contribution is 6.14. The highest BCUT2D eigenvalue weighted by Crippen LogP contribution is 1.79. The predicted molar refractivity (Wildman–Crippen MR) is 26.2 cm³/mol. The van der Waals surface area contributed by atoms with Crippen LogP contribution in [0.2, 0.25) is 0 Å². The van der Waals surface area contributed by atoms with Gasteiger partial charge in [-0.3, -0.25) is 10.1 Å². The monoisotopic (exact) mass is 137 g/mol. The maximum Gasteiger partial charge on any atom is 0.432 e. The molecular weight excluding hydrogens is 133 g/mol. The van der Waals surface area contributed by atoms with Crippen LogP contribution in [0.1, 0.15) is 6.92 Å². The van der Waals surface area contributed by atoms with Gasteiger partial charge in [-0.25, -0.2) is 4.79 Å². The summed E-state index contributed by atoms with van der Waals surface area (Å²) >= 11 is 4.53. The van der Waals surface area contributed by atoms with Gasteiger partial charge in [-0.1, -0.05) is 0 Å². The van der Waals surface area contributed by atoms with Crippen LogP contribution in [-0.2, 0) is 9.08 Å². The number of amides is 2. The van der Waals surface area contributed by atoms with E-state index in [-0.39, 0.29) is 0 Å². The highest BCUT2D eigenvalue weighted by Gasteiger charge is 2.00. The number of carbonyl (C=O) groups excluding carboxylic acids is 2. The number of halogens is 1. The molecule has 0 fully saturated rings. The van der Waals surface area contributed by atoms with Gasteiger partial charge in [0.15, 0.2) is 0 Å². The predicted octanol–water partition coefficient (Wildman–Crippen LogP) is 0.413. The number of imide groups is 1. The van der Waals surface area contributed by atoms with E-state index >= 15 is 0 Å². The first-order chi connectivity index (χ1) is 3.66. The SMILES string of the molecule is CC(=O)NC(=O)OCl. The summed E-state index contributed by atoms with van der Waals surface area (Å²) in [7, 11) is 0. The summed E-state index contributed by atoms with van der Waals surface area (Å²) < 4.78 is 3.56. The van der Waals surface area contributed by atoms with E-state index in [1.807, 2.05) is 0 Å². The van der Waals surface area contributed by atoms with Gasteiger partial charge in [0, 0.05) is 6.92 Å². The van der Waals surface area contributed by atoms with Crippen molar-refractivity contribution >= 4 is 23.9 Å². The Morgan fingerprint density at radius 1 is 1.62 bits per heavy atom. The van der Waals surface area contributed by atoms with Gasteiger partial charge >= 0.3 is 6.09 Å². The molecule has 0 saturated heterocycles. The normalized spacial score (nSPS) is 7.75. The first-order valence-electron chi connectivity index (χ1n) is 1.77. The molecule has 8 heavy (non-hydrogen) atoms. The van der Waals surface area contributed by atoms with Crippen LogP contribution in [0, 0.1) is 0 Å². The Kier molecular flexibility index (Phi) is 2.95. The molecule has 0 aromatic heterocycles. The van der Waals surface area contributed by atoms with Crippen molar-refractivity contribution in [3.8, 4) is 0 Å². The Bertz CT molecular complexity index is 113. The minimum atomic E-state index is -0.959. The van der Waals surface area contributed by atoms with Crippen molar-refractivity contribution in [1.82, 2.24) is 5.32 Å². The fourth-order valence-corrected chi connectivity index (χ4v) is 0.202. The molecule has 0 unspecified atom stereocenters. The molecular formula is C3H4ClNO3. The van der Waals surface area contributed by atoms with E-state index in [1.54, 1.807) is 5.32 Å². The van der Waals surface area contributed by atoms with Gasteiger partial charge in [-0.05, 0) is 0 Å². The van der Waals surface area contributed by atoms with Crippen molar-refractivity contribution in [2.45, 2.75) is 6.92 Å². The summed E-state index contributed by atoms with van der Waals surface area (Å²) in [6.07, 6.45) is -0.959. The standard InChI is InChI=1S/C3H4ClNO3/c1-2(6)5-3(7)8-4/h1H3,(H,5,6,7). The quantitative estimate of drug-likeness (QED) is 0.526. The molecule has 0 radical (unpaired) electrons. The van der Waals surface area contributed by atoms with Gasteiger partial charge in [-0.15, -0.1) is 0 Å². The molecule has 0 spiro atoms. The summed E-state index contributed by atoms with van der Waals surface area (Å²) in [5.41, 5.74) is 0. The Morgan fingerprint density at radius 2 is 2.12 bits per heavy atom. The van der Waals surface area contributed by atoms with E-state index in [4.69, 9.17) is 0 Å². The molecule has 0 aromatic rings. The molecule has 0 aliphatic carbocycles. The van der Waals surface area contributed by atoms with Crippen LogP contribution in [0.3, 0.4) is 0 Å². The fourth-order valence-electron chi connectivity index (χ4n) is 0.163. The Hall–Kier alpha value is -0.770. The molecule has 1 N–H and O–H groups in total. The molecule has 46 valence electrons. The second kappa shape index (κ2) is 3.26. The van der Waals surface area contributed by atoms with Crippen molar-refractivity contribution in [2.24, 2.45) is 0 Å². The van der Waals surface area contributed by atoms with Gasteiger partial charge in [0.1, 0.15) is 11.9 Å². The summed E-state index contributed by atoms with van der Waals surface area (Å²) in [6, 6.07) is 0. The van der Waals surface area contributed by atoms with Crippen LogP contribution >= 0.6 is 11.9 Å². The molecule has 0 rings (SSSR count). The lowest BCUT2D eigenvalue weighted by atomic mass is 10.7. The third-order valence-corrected chi connectivity index (χ3v) is 0.488. The number of hydrogen-bond donors (Lipinski definition) is 1. The molecule has 4 nitrogen and oxygen atoms in total. The Labute approximate surface area is 50.9 Å². The van der Waals surface area contributed by atoms with Crippen molar-refractivity contribution in [1.29, 1.82) is 0 Å². The summed E-state index contributed by atoms with van der Waals surface area (Å²) in [5.74, 6) is -0.504. The zero-order valence-corrected chi connectivity index (χ0v) is 4.86. The van der Waals surface area contributed by atoms with E-state index in [2.05, 4.69) is 16.2 Å². The molecule has 0 aromatic carbocycles. The molecule has 5 heteroatoms. The zero-order valence-electron chi connectivity index (χ0n) is 4.10. The number of rotatable bonds is 0. The van der Waals surface area contributed by atoms with Crippen LogP contribution in [0.4, 0.5) is 4.79 Å². The fraction of sp³-hybridized carbons (Fsp3) is 0.333. The Morgan fingerprint density at radius 3 is 2.25 bits per heavy atom. The lowest BCUT2D eigenvalue weighted by Crippen LogP contribution is -2.26. The third-order valence-electron chi connectivity index (χ3n) is 0.348. The van der Waals surface area contributed by atoms with Crippen molar-refractivity contribution in [3.05, 3.63) is 0 Å². The van der Waals surface area contributed by atoms with Gasteiger partial charge in [0.2, 0.25) is 5.91 Å². The average Bonchev–Trinajstić information content (AvgIpc) is 1.65. The maximum absolute atomic E-state index is 9.94. The van der Waals surface area contributed by atoms with Gasteiger partial charge < -0.3 is 4.29 Å². The third kappa shape index (κ3) is 3.42. The maximum atomic E-state index is 9.94. The topological polar surface area (TPSA) is 55.4 Å². The molecule has 0 atom stereocenters. The lowest BCUT2D eigenvalue weighted by Gasteiger charge is -1.91. The first kappa shape index (κ1) is 7.23. The van der Waals surface area contributed by atoms with Crippen molar-refractivity contribution in [3.63, 3.8) is 0 Å². The molecule has 0 heterocycles. The first-order valence-corrected chi connectivity index (χ1v) is 2.08. The second-order valence-corrected chi connectivity index (χ2v) is 1.20. The molecule has 0 saturated carbocycles. The molecule has 0 aliphatic rings. The average molecular weight is 138 g/mol. The van der Waals surface area contributed by atoms with Gasteiger partial charge in [-0.2, -0.15) is 0 Å². The lowest BCUT2D eigenvalue weighted by molar-refractivity contribution is -0.118. The minimum Gasteiger partial charge on any atom is -0.330 e. The Balaban J connectivity index is 3.40. The van der Waals surface area contributed by atoms with E-state index < -0.39 is 12.0 Å². The zero-order chi connectivity index (χ0) is 6.57. The van der Waals surface area contributed by atoms with E-state index in [9.17, 15) is 9.59 Å². The second-order valence-electron chi connectivity index (χ2n) is 1.05. The van der Waals surface area contributed by atoms with Crippen LogP contribution in [0.15, 0.2) is 0 Å². The van der Waals surface area contributed by atoms with Crippen molar-refractivity contribution in [2.75, 3.05) is 0 Å². The minimum absolute atomic E-state index is 0.504. The smallest absolute Gasteiger partial charge is 0.330 e. The summed E-state index contributed by atoms with van der Waals surface area (Å²) in [6.45, 7) is 1.17. The summed E-state index contributed by atoms with van der Waals surface area (Å²) in [4.78, 5) is 19.9. The van der Waals surface area contributed by atoms with Crippen molar-refractivity contribution < 1.29 is 13.9 Å². The molecule has 0 aliphatic heterocycles. The number of nitrogens with one attached hydrogen (secondary N) is 1.